The molecule has 0 unspecified atom stereocenters. The number of carbonyl (C=O) groups excluding carboxylic acids is 1. The molecule has 0 spiro atoms. The Morgan fingerprint density at radius 3 is 2.15 bits per heavy atom. The molecule has 0 radical (unpaired) electrons. The van der Waals surface area contributed by atoms with Crippen LogP contribution >= 0.6 is 0 Å². The van der Waals surface area contributed by atoms with E-state index in [0.717, 1.165) is 44.3 Å². The van der Waals surface area contributed by atoms with Gasteiger partial charge in [-0.2, -0.15) is 0 Å². The molecule has 3 aliphatic rings. The lowest BCUT2D eigenvalue weighted by atomic mass is 10.0. The number of ether oxygens (including phenoxy) is 5. The molecule has 3 heterocycles. The van der Waals surface area contributed by atoms with Crippen LogP contribution in [0.5, 0.6) is 0 Å². The summed E-state index contributed by atoms with van der Waals surface area (Å²) < 4.78 is 59.4. The molecule has 262 valence electrons. The van der Waals surface area contributed by atoms with Crippen LogP contribution < -0.4 is 4.72 Å². The average Bonchev–Trinajstić information content (AvgIpc) is 3.24. The first-order valence-corrected chi connectivity index (χ1v) is 19.2. The number of rotatable bonds is 18. The van der Waals surface area contributed by atoms with Crippen molar-refractivity contribution in [3.8, 4) is 0 Å². The van der Waals surface area contributed by atoms with E-state index in [2.05, 4.69) is 16.5 Å². The van der Waals surface area contributed by atoms with E-state index in [1.807, 2.05) is 6.92 Å². The first-order chi connectivity index (χ1) is 22.0. The first-order valence-electron chi connectivity index (χ1n) is 17.7. The lowest BCUT2D eigenvalue weighted by molar-refractivity contribution is -0.279. The van der Waals surface area contributed by atoms with Crippen LogP contribution in [0, 0.1) is 6.92 Å². The highest BCUT2D eigenvalue weighted by Crippen LogP contribution is 2.47. The minimum absolute atomic E-state index is 0.0184. The molecule has 4 atom stereocenters. The summed E-state index contributed by atoms with van der Waals surface area (Å²) in [6.45, 7) is 10.7. The van der Waals surface area contributed by atoms with Gasteiger partial charge in [0.15, 0.2) is 18.0 Å². The lowest BCUT2D eigenvalue weighted by Gasteiger charge is -2.31. The van der Waals surface area contributed by atoms with E-state index < -0.39 is 46.0 Å². The summed E-state index contributed by atoms with van der Waals surface area (Å²) in [5.74, 6) is -2.29. The third-order valence-corrected chi connectivity index (χ3v) is 10.5. The molecule has 3 saturated heterocycles. The number of nitrogens with one attached hydrogen (secondary N) is 1. The Bertz CT molecular complexity index is 1170. The van der Waals surface area contributed by atoms with Crippen molar-refractivity contribution >= 4 is 16.1 Å². The zero-order valence-electron chi connectivity index (χ0n) is 28.6. The Kier molecular flexibility index (Phi) is 14.2. The van der Waals surface area contributed by atoms with Gasteiger partial charge in [0.2, 0.25) is 5.79 Å². The van der Waals surface area contributed by atoms with Crippen molar-refractivity contribution in [2.75, 3.05) is 32.8 Å². The largest absolute Gasteiger partial charge is 0.440 e. The third-order valence-electron chi connectivity index (χ3n) is 9.15. The van der Waals surface area contributed by atoms with Crippen LogP contribution in [0.3, 0.4) is 0 Å². The van der Waals surface area contributed by atoms with Crippen molar-refractivity contribution in [1.82, 2.24) is 9.62 Å². The maximum atomic E-state index is 13.2. The first kappa shape index (κ1) is 37.1. The van der Waals surface area contributed by atoms with Gasteiger partial charge in [0.05, 0.1) is 4.90 Å². The number of carbonyl (C=O) groups is 1. The predicted octanol–water partition coefficient (Wildman–Crippen LogP) is 6.84. The number of unbranched alkanes of at least 4 members (excludes halogenated alkanes) is 9. The Morgan fingerprint density at radius 1 is 0.913 bits per heavy atom. The lowest BCUT2D eigenvalue weighted by Crippen LogP contribution is -2.47. The second-order valence-electron chi connectivity index (χ2n) is 13.7. The van der Waals surface area contributed by atoms with Crippen molar-refractivity contribution in [3.63, 3.8) is 0 Å². The molecular weight excluding hydrogens is 608 g/mol. The van der Waals surface area contributed by atoms with Gasteiger partial charge in [-0.15, -0.1) is 0 Å². The van der Waals surface area contributed by atoms with Gasteiger partial charge in [0.1, 0.15) is 12.7 Å². The highest BCUT2D eigenvalue weighted by molar-refractivity contribution is 7.90. The van der Waals surface area contributed by atoms with Crippen molar-refractivity contribution in [1.29, 1.82) is 0 Å². The molecule has 3 aliphatic heterocycles. The number of aryl methyl sites for hydroxylation is 1. The SMILES string of the molecule is CCCCCCCCCCCCOC[C@@]12O[C@@H](CN3CCCCCC3)[C@@H](OC(=O)NS(=O)(=O)c3ccc(C)cc3)[C@@H]1OC(C)(C)O2. The third kappa shape index (κ3) is 10.9. The van der Waals surface area contributed by atoms with Gasteiger partial charge >= 0.3 is 6.09 Å². The summed E-state index contributed by atoms with van der Waals surface area (Å²) in [6.07, 6.45) is 13.6. The normalized spacial score (nSPS) is 26.5. The zero-order valence-corrected chi connectivity index (χ0v) is 29.4. The molecule has 0 aliphatic carbocycles. The maximum Gasteiger partial charge on any atom is 0.421 e. The van der Waals surface area contributed by atoms with Crippen LogP contribution in [0.1, 0.15) is 116 Å². The second-order valence-corrected chi connectivity index (χ2v) is 15.4. The summed E-state index contributed by atoms with van der Waals surface area (Å²) in [4.78, 5) is 15.5. The van der Waals surface area contributed by atoms with Crippen LogP contribution in [0.2, 0.25) is 0 Å². The minimum Gasteiger partial charge on any atom is -0.440 e. The Labute approximate surface area is 277 Å². The topological polar surface area (TPSA) is 113 Å². The summed E-state index contributed by atoms with van der Waals surface area (Å²) >= 11 is 0. The van der Waals surface area contributed by atoms with Gasteiger partial charge in [-0.3, -0.25) is 0 Å². The van der Waals surface area contributed by atoms with Gasteiger partial charge in [0.25, 0.3) is 10.0 Å². The molecule has 1 aromatic rings. The molecule has 1 amide bonds. The van der Waals surface area contributed by atoms with Crippen LogP contribution in [0.4, 0.5) is 4.79 Å². The van der Waals surface area contributed by atoms with E-state index in [0.29, 0.717) is 13.2 Å². The van der Waals surface area contributed by atoms with Gasteiger partial charge in [-0.25, -0.2) is 17.9 Å². The molecule has 4 rings (SSSR count). The number of sulfonamides is 1. The fourth-order valence-electron chi connectivity index (χ4n) is 6.76. The summed E-state index contributed by atoms with van der Waals surface area (Å²) in [7, 11) is -4.13. The quantitative estimate of drug-likeness (QED) is 0.168. The average molecular weight is 667 g/mol. The molecule has 3 fully saturated rings. The molecular formula is C35H58N2O8S. The molecule has 0 bridgehead atoms. The van der Waals surface area contributed by atoms with Crippen molar-refractivity contribution in [3.05, 3.63) is 29.8 Å². The fourth-order valence-corrected chi connectivity index (χ4v) is 7.64. The summed E-state index contributed by atoms with van der Waals surface area (Å²) in [6, 6.07) is 6.27. The van der Waals surface area contributed by atoms with Gasteiger partial charge in [-0.05, 0) is 65.3 Å². The molecule has 11 heteroatoms. The van der Waals surface area contributed by atoms with E-state index in [1.165, 1.54) is 76.3 Å². The number of nitrogens with zero attached hydrogens (tertiary/aromatic N) is 1. The second kappa shape index (κ2) is 17.6. The predicted molar refractivity (Wildman–Crippen MR) is 177 cm³/mol. The standard InChI is InChI=1S/C35H58N2O8S/c1-5-6-7-8-9-10-11-12-15-18-25-41-27-35-32(44-34(3,4)45-35)31(30(43-35)26-37-23-16-13-14-17-24-37)42-33(38)36-46(39,40)29-21-19-28(2)20-22-29/h19-22,30-32H,5-18,23-27H2,1-4H3,(H,36,38)/t30-,31+,32-,35-/m0/s1. The van der Waals surface area contributed by atoms with Crippen LogP contribution in [0.25, 0.3) is 0 Å². The number of benzene rings is 1. The Hall–Kier alpha value is -1.76. The Morgan fingerprint density at radius 2 is 1.52 bits per heavy atom. The smallest absolute Gasteiger partial charge is 0.421 e. The minimum atomic E-state index is -4.13. The highest BCUT2D eigenvalue weighted by Gasteiger charge is 2.66. The van der Waals surface area contributed by atoms with Crippen molar-refractivity contribution in [2.45, 2.75) is 152 Å². The number of fused-ring (bicyclic) bond motifs is 1. The van der Waals surface area contributed by atoms with Crippen LogP contribution in [-0.2, 0) is 33.7 Å². The number of hydrogen-bond acceptors (Lipinski definition) is 9. The molecule has 0 aromatic heterocycles. The summed E-state index contributed by atoms with van der Waals surface area (Å²) in [5, 5.41) is 0. The van der Waals surface area contributed by atoms with E-state index in [-0.39, 0.29) is 11.5 Å². The van der Waals surface area contributed by atoms with Crippen LogP contribution in [0.15, 0.2) is 29.2 Å². The molecule has 46 heavy (non-hydrogen) atoms. The van der Waals surface area contributed by atoms with E-state index >= 15 is 0 Å². The number of hydrogen-bond donors (Lipinski definition) is 1. The van der Waals surface area contributed by atoms with E-state index in [9.17, 15) is 13.2 Å². The zero-order chi connectivity index (χ0) is 33.0. The Balaban J connectivity index is 1.37. The van der Waals surface area contributed by atoms with Gasteiger partial charge in [0, 0.05) is 13.2 Å². The maximum absolute atomic E-state index is 13.2. The van der Waals surface area contributed by atoms with Gasteiger partial charge < -0.3 is 28.6 Å². The molecule has 0 saturated carbocycles. The van der Waals surface area contributed by atoms with E-state index in [4.69, 9.17) is 23.7 Å². The number of amides is 1. The number of likely N-dealkylation sites (tertiary alicyclic amines) is 1. The molecule has 1 aromatic carbocycles. The molecule has 1 N–H and O–H groups in total. The van der Waals surface area contributed by atoms with E-state index in [1.54, 1.807) is 26.0 Å². The molecule has 10 nitrogen and oxygen atoms in total. The van der Waals surface area contributed by atoms with Crippen molar-refractivity contribution < 1.29 is 36.9 Å². The van der Waals surface area contributed by atoms with Crippen LogP contribution in [-0.4, -0.2) is 82.1 Å². The monoisotopic (exact) mass is 666 g/mol. The van der Waals surface area contributed by atoms with Gasteiger partial charge in [-0.1, -0.05) is 95.2 Å². The van der Waals surface area contributed by atoms with Crippen molar-refractivity contribution in [2.24, 2.45) is 0 Å². The summed E-state index contributed by atoms with van der Waals surface area (Å²) in [5.41, 5.74) is 0.911. The highest BCUT2D eigenvalue weighted by atomic mass is 32.2. The fraction of sp³-hybridized carbons (Fsp3) is 0.800.